The van der Waals surface area contributed by atoms with Gasteiger partial charge in [-0.3, -0.25) is 0 Å². The predicted octanol–water partition coefficient (Wildman–Crippen LogP) is 3.10. The average molecular weight is 315 g/mol. The number of rotatable bonds is 3. The monoisotopic (exact) mass is 314 g/mol. The van der Waals surface area contributed by atoms with Gasteiger partial charge in [-0.2, -0.15) is 0 Å². The Morgan fingerprint density at radius 1 is 1.33 bits per heavy atom. The van der Waals surface area contributed by atoms with Crippen LogP contribution < -0.4 is 9.47 Å². The number of halogens is 1. The van der Waals surface area contributed by atoms with Gasteiger partial charge in [-0.25, -0.2) is 0 Å². The minimum absolute atomic E-state index is 0.364. The Balaban J connectivity index is 2.50. The number of ether oxygens (including phenoxy) is 2. The molecule has 0 fully saturated rings. The summed E-state index contributed by atoms with van der Waals surface area (Å²) >= 11 is 3.57. The van der Waals surface area contributed by atoms with E-state index in [9.17, 15) is 5.11 Å². The first-order valence-corrected chi connectivity index (χ1v) is 7.20. The molecular weight excluding hydrogens is 296 g/mol. The van der Waals surface area contributed by atoms with Gasteiger partial charge in [0.2, 0.25) is 0 Å². The molecule has 1 aromatic carbocycles. The summed E-state index contributed by atoms with van der Waals surface area (Å²) in [7, 11) is 0. The highest BCUT2D eigenvalue weighted by Gasteiger charge is 2.20. The third-order valence-electron chi connectivity index (χ3n) is 3.05. The number of fused-ring (bicyclic) bond motifs is 1. The summed E-state index contributed by atoms with van der Waals surface area (Å²) in [6.45, 7) is 5.28. The normalized spacial score (nSPS) is 16.2. The second-order valence-corrected chi connectivity index (χ2v) is 5.45. The van der Waals surface area contributed by atoms with Gasteiger partial charge in [-0.05, 0) is 31.4 Å². The Hall–Kier alpha value is -0.740. The molecule has 0 spiro atoms. The van der Waals surface area contributed by atoms with Crippen LogP contribution in [0.4, 0.5) is 0 Å². The summed E-state index contributed by atoms with van der Waals surface area (Å²) < 4.78 is 12.5. The smallest absolute Gasteiger partial charge is 0.164 e. The van der Waals surface area contributed by atoms with Crippen molar-refractivity contribution < 1.29 is 14.6 Å². The maximum Gasteiger partial charge on any atom is 0.164 e. The molecule has 0 saturated heterocycles. The van der Waals surface area contributed by atoms with E-state index in [0.717, 1.165) is 39.9 Å². The molecule has 100 valence electrons. The van der Waals surface area contributed by atoms with Crippen molar-refractivity contribution in [1.29, 1.82) is 0 Å². The van der Waals surface area contributed by atoms with E-state index < -0.39 is 0 Å². The van der Waals surface area contributed by atoms with Gasteiger partial charge in [0, 0.05) is 16.5 Å². The topological polar surface area (TPSA) is 38.7 Å². The molecule has 1 heterocycles. The minimum atomic E-state index is -0.364. The van der Waals surface area contributed by atoms with Gasteiger partial charge in [0.25, 0.3) is 0 Å². The minimum Gasteiger partial charge on any atom is -0.490 e. The molecule has 2 rings (SSSR count). The van der Waals surface area contributed by atoms with Gasteiger partial charge < -0.3 is 14.6 Å². The number of hydrogen-bond acceptors (Lipinski definition) is 3. The molecule has 1 aliphatic heterocycles. The largest absolute Gasteiger partial charge is 0.490 e. The molecule has 0 aromatic heterocycles. The van der Waals surface area contributed by atoms with Crippen LogP contribution in [0.3, 0.4) is 0 Å². The lowest BCUT2D eigenvalue weighted by atomic mass is 9.98. The lowest BCUT2D eigenvalue weighted by Gasteiger charge is -2.18. The van der Waals surface area contributed by atoms with Crippen LogP contribution in [0.15, 0.2) is 10.5 Å². The number of aliphatic hydroxyl groups excluding tert-OH is 1. The number of hydrogen-bond donors (Lipinski definition) is 1. The van der Waals surface area contributed by atoms with Crippen LogP contribution in [0.2, 0.25) is 0 Å². The Morgan fingerprint density at radius 3 is 2.72 bits per heavy atom. The first-order valence-electron chi connectivity index (χ1n) is 6.41. The summed E-state index contributed by atoms with van der Waals surface area (Å²) in [5.41, 5.74) is 2.26. The summed E-state index contributed by atoms with van der Waals surface area (Å²) in [6, 6.07) is 1.96. The van der Waals surface area contributed by atoms with Gasteiger partial charge >= 0.3 is 0 Å². The van der Waals surface area contributed by atoms with Gasteiger partial charge in [-0.1, -0.05) is 22.9 Å². The summed E-state index contributed by atoms with van der Waals surface area (Å²) in [4.78, 5) is 0. The Kier molecular flexibility index (Phi) is 4.51. The van der Waals surface area contributed by atoms with Crippen LogP contribution in [-0.2, 0) is 12.8 Å². The van der Waals surface area contributed by atoms with Gasteiger partial charge in [-0.15, -0.1) is 0 Å². The van der Waals surface area contributed by atoms with Crippen LogP contribution in [0.5, 0.6) is 11.5 Å². The van der Waals surface area contributed by atoms with Gasteiger partial charge in [0.15, 0.2) is 11.5 Å². The van der Waals surface area contributed by atoms with E-state index in [1.165, 1.54) is 0 Å². The average Bonchev–Trinajstić information content (AvgIpc) is 2.54. The zero-order valence-corrected chi connectivity index (χ0v) is 12.4. The molecule has 0 radical (unpaired) electrons. The lowest BCUT2D eigenvalue weighted by molar-refractivity contribution is 0.194. The van der Waals surface area contributed by atoms with E-state index in [2.05, 4.69) is 22.9 Å². The molecule has 0 aliphatic carbocycles. The maximum atomic E-state index is 9.62. The van der Waals surface area contributed by atoms with Crippen molar-refractivity contribution in [3.8, 4) is 11.5 Å². The fourth-order valence-corrected chi connectivity index (χ4v) is 2.88. The van der Waals surface area contributed by atoms with Crippen molar-refractivity contribution in [2.24, 2.45) is 0 Å². The molecule has 1 unspecified atom stereocenters. The zero-order chi connectivity index (χ0) is 13.1. The van der Waals surface area contributed by atoms with Crippen LogP contribution in [0.25, 0.3) is 0 Å². The van der Waals surface area contributed by atoms with Crippen molar-refractivity contribution in [3.63, 3.8) is 0 Å². The first kappa shape index (κ1) is 13.7. The molecule has 3 nitrogen and oxygen atoms in total. The molecule has 1 atom stereocenters. The van der Waals surface area contributed by atoms with E-state index >= 15 is 0 Å². The first-order chi connectivity index (χ1) is 8.63. The Labute approximate surface area is 116 Å². The Bertz CT molecular complexity index is 430. The summed E-state index contributed by atoms with van der Waals surface area (Å²) in [5, 5.41) is 9.62. The highest BCUT2D eigenvalue weighted by Crippen LogP contribution is 2.40. The fraction of sp³-hybridized carbons (Fsp3) is 0.571. The maximum absolute atomic E-state index is 9.62. The molecule has 0 saturated carbocycles. The van der Waals surface area contributed by atoms with E-state index in [0.29, 0.717) is 19.6 Å². The summed E-state index contributed by atoms with van der Waals surface area (Å²) in [5.74, 6) is 1.67. The highest BCUT2D eigenvalue weighted by atomic mass is 79.9. The van der Waals surface area contributed by atoms with E-state index in [1.807, 2.05) is 6.07 Å². The predicted molar refractivity (Wildman–Crippen MR) is 74.5 cm³/mol. The van der Waals surface area contributed by atoms with Crippen LogP contribution in [0, 0.1) is 0 Å². The number of aliphatic hydroxyl groups is 1. The number of benzene rings is 1. The molecule has 4 heteroatoms. The highest BCUT2D eigenvalue weighted by molar-refractivity contribution is 9.10. The van der Waals surface area contributed by atoms with E-state index in [1.54, 1.807) is 6.92 Å². The molecule has 1 aliphatic rings. The lowest BCUT2D eigenvalue weighted by Crippen LogP contribution is -2.09. The molecule has 18 heavy (non-hydrogen) atoms. The molecular formula is C14H19BrO3. The van der Waals surface area contributed by atoms with Crippen LogP contribution in [-0.4, -0.2) is 24.4 Å². The second kappa shape index (κ2) is 5.93. The van der Waals surface area contributed by atoms with Crippen LogP contribution >= 0.6 is 15.9 Å². The zero-order valence-electron chi connectivity index (χ0n) is 10.8. The standard InChI is InChI=1S/C14H19BrO3/c1-3-10-11(7-9(2)16)12(15)8-13-14(10)18-6-4-5-17-13/h8-9,16H,3-7H2,1-2H3. The fourth-order valence-electron chi connectivity index (χ4n) is 2.27. The van der Waals surface area contributed by atoms with E-state index in [-0.39, 0.29) is 6.10 Å². The van der Waals surface area contributed by atoms with Crippen molar-refractivity contribution >= 4 is 15.9 Å². The third-order valence-corrected chi connectivity index (χ3v) is 3.76. The van der Waals surface area contributed by atoms with Crippen molar-refractivity contribution in [1.82, 2.24) is 0 Å². The molecule has 1 aromatic rings. The molecule has 0 amide bonds. The molecule has 1 N–H and O–H groups in total. The van der Waals surface area contributed by atoms with Gasteiger partial charge in [0.1, 0.15) is 0 Å². The van der Waals surface area contributed by atoms with E-state index in [4.69, 9.17) is 9.47 Å². The summed E-state index contributed by atoms with van der Waals surface area (Å²) in [6.07, 6.45) is 2.03. The third kappa shape index (κ3) is 2.81. The van der Waals surface area contributed by atoms with Crippen molar-refractivity contribution in [2.75, 3.05) is 13.2 Å². The molecule has 0 bridgehead atoms. The quantitative estimate of drug-likeness (QED) is 0.931. The van der Waals surface area contributed by atoms with Crippen LogP contribution in [0.1, 0.15) is 31.4 Å². The Morgan fingerprint density at radius 2 is 2.06 bits per heavy atom. The van der Waals surface area contributed by atoms with Gasteiger partial charge in [0.05, 0.1) is 19.3 Å². The second-order valence-electron chi connectivity index (χ2n) is 4.60. The SMILES string of the molecule is CCc1c(CC(C)O)c(Br)cc2c1OCCCO2. The van der Waals surface area contributed by atoms with Crippen molar-refractivity contribution in [3.05, 3.63) is 21.7 Å². The van der Waals surface area contributed by atoms with Crippen molar-refractivity contribution in [2.45, 2.75) is 39.2 Å².